The molecule has 0 saturated heterocycles. The molecule has 0 saturated carbocycles. The third-order valence-electron chi connectivity index (χ3n) is 5.57. The largest absolute Gasteiger partial charge is 0.484 e. The van der Waals surface area contributed by atoms with E-state index in [-0.39, 0.29) is 19.3 Å². The first-order valence-corrected chi connectivity index (χ1v) is 9.97. The summed E-state index contributed by atoms with van der Waals surface area (Å²) >= 11 is 0. The molecule has 0 bridgehead atoms. The molecule has 1 aliphatic carbocycles. The van der Waals surface area contributed by atoms with Crippen LogP contribution in [-0.4, -0.2) is 31.3 Å². The minimum Gasteiger partial charge on any atom is -0.484 e. The van der Waals surface area contributed by atoms with E-state index in [1.165, 1.54) is 18.4 Å². The fourth-order valence-corrected chi connectivity index (χ4v) is 3.99. The lowest BCUT2D eigenvalue weighted by Crippen LogP contribution is -2.30. The molecule has 0 fully saturated rings. The number of aryl methyl sites for hydroxylation is 2. The third-order valence-corrected chi connectivity index (χ3v) is 5.57. The Balaban J connectivity index is 1.23. The van der Waals surface area contributed by atoms with Crippen LogP contribution in [0.15, 0.2) is 40.8 Å². The summed E-state index contributed by atoms with van der Waals surface area (Å²) in [5.41, 5.74) is 3.18. The van der Waals surface area contributed by atoms with Crippen LogP contribution in [0.4, 0.5) is 0 Å². The average molecular weight is 393 g/mol. The summed E-state index contributed by atoms with van der Waals surface area (Å²) in [6.07, 6.45) is 4.42. The molecular formula is C23H23NO5. The van der Waals surface area contributed by atoms with Gasteiger partial charge in [0.1, 0.15) is 17.1 Å². The van der Waals surface area contributed by atoms with Crippen LogP contribution in [-0.2, 0) is 24.2 Å². The summed E-state index contributed by atoms with van der Waals surface area (Å²) in [6, 6.07) is 11.5. The Morgan fingerprint density at radius 2 is 1.93 bits per heavy atom. The molecule has 0 atom stereocenters. The molecule has 0 radical (unpaired) electrons. The molecule has 2 aliphatic rings. The second-order valence-corrected chi connectivity index (χ2v) is 7.59. The standard InChI is InChI=1S/C23H23NO5/c1-24(12-15-6-8-21-22(10-15)28-14-27-21)23(25)13-26-16-7-9-20-18(11-16)17-4-2-3-5-19(17)29-20/h6-11H,2-5,12-14H2,1H3. The van der Waals surface area contributed by atoms with Gasteiger partial charge in [0, 0.05) is 31.0 Å². The van der Waals surface area contributed by atoms with Gasteiger partial charge in [-0.25, -0.2) is 0 Å². The molecule has 1 aromatic heterocycles. The first-order valence-electron chi connectivity index (χ1n) is 9.97. The van der Waals surface area contributed by atoms with E-state index in [0.29, 0.717) is 12.3 Å². The lowest BCUT2D eigenvalue weighted by molar-refractivity contribution is -0.132. The number of nitrogens with zero attached hydrogens (tertiary/aromatic N) is 1. The molecule has 3 aromatic rings. The summed E-state index contributed by atoms with van der Waals surface area (Å²) < 4.78 is 22.5. The molecule has 0 unspecified atom stereocenters. The topological polar surface area (TPSA) is 61.1 Å². The number of hydrogen-bond acceptors (Lipinski definition) is 5. The van der Waals surface area contributed by atoms with Gasteiger partial charge in [-0.05, 0) is 55.2 Å². The molecule has 29 heavy (non-hydrogen) atoms. The van der Waals surface area contributed by atoms with Crippen molar-refractivity contribution in [3.8, 4) is 17.2 Å². The van der Waals surface area contributed by atoms with E-state index in [9.17, 15) is 4.79 Å². The Kier molecular flexibility index (Phi) is 4.54. The van der Waals surface area contributed by atoms with E-state index in [0.717, 1.165) is 46.6 Å². The highest BCUT2D eigenvalue weighted by atomic mass is 16.7. The predicted octanol–water partition coefficient (Wildman–Crippen LogP) is 4.08. The number of hydrogen-bond donors (Lipinski definition) is 0. The number of fused-ring (bicyclic) bond motifs is 4. The number of furan rings is 1. The predicted molar refractivity (Wildman–Crippen MR) is 107 cm³/mol. The highest BCUT2D eigenvalue weighted by Crippen LogP contribution is 2.34. The third kappa shape index (κ3) is 3.50. The van der Waals surface area contributed by atoms with Gasteiger partial charge in [-0.2, -0.15) is 0 Å². The van der Waals surface area contributed by atoms with Gasteiger partial charge in [0.25, 0.3) is 5.91 Å². The van der Waals surface area contributed by atoms with Gasteiger partial charge in [0.15, 0.2) is 18.1 Å². The first kappa shape index (κ1) is 17.9. The van der Waals surface area contributed by atoms with E-state index in [4.69, 9.17) is 18.6 Å². The number of carbonyl (C=O) groups excluding carboxylic acids is 1. The fraction of sp³-hybridized carbons (Fsp3) is 0.348. The van der Waals surface area contributed by atoms with Crippen molar-refractivity contribution in [3.63, 3.8) is 0 Å². The number of likely N-dealkylation sites (N-methyl/N-ethyl adjacent to an activating group) is 1. The van der Waals surface area contributed by atoms with Gasteiger partial charge in [-0.3, -0.25) is 4.79 Å². The fourth-order valence-electron chi connectivity index (χ4n) is 3.99. The summed E-state index contributed by atoms with van der Waals surface area (Å²) in [4.78, 5) is 14.2. The molecule has 1 amide bonds. The highest BCUT2D eigenvalue weighted by Gasteiger charge is 2.19. The minimum atomic E-state index is -0.0861. The summed E-state index contributed by atoms with van der Waals surface area (Å²) in [5.74, 6) is 3.16. The number of benzene rings is 2. The maximum atomic E-state index is 12.5. The lowest BCUT2D eigenvalue weighted by atomic mass is 9.96. The molecule has 6 heteroatoms. The van der Waals surface area contributed by atoms with Gasteiger partial charge >= 0.3 is 0 Å². The molecule has 150 valence electrons. The normalized spacial score (nSPS) is 14.7. The van der Waals surface area contributed by atoms with E-state index < -0.39 is 0 Å². The number of amides is 1. The van der Waals surface area contributed by atoms with Crippen LogP contribution >= 0.6 is 0 Å². The van der Waals surface area contributed by atoms with Gasteiger partial charge < -0.3 is 23.5 Å². The highest BCUT2D eigenvalue weighted by molar-refractivity contribution is 5.84. The molecule has 0 spiro atoms. The summed E-state index contributed by atoms with van der Waals surface area (Å²) in [5, 5.41) is 1.11. The van der Waals surface area contributed by atoms with Gasteiger partial charge in [-0.15, -0.1) is 0 Å². The zero-order valence-corrected chi connectivity index (χ0v) is 16.4. The van der Waals surface area contributed by atoms with Crippen molar-refractivity contribution >= 4 is 16.9 Å². The SMILES string of the molecule is CN(Cc1ccc2c(c1)OCO2)C(=O)COc1ccc2oc3c(c2c1)CCCC3. The second kappa shape index (κ2) is 7.35. The van der Waals surface area contributed by atoms with Crippen LogP contribution in [0.25, 0.3) is 11.0 Å². The van der Waals surface area contributed by atoms with Gasteiger partial charge in [-0.1, -0.05) is 6.07 Å². The maximum absolute atomic E-state index is 12.5. The van der Waals surface area contributed by atoms with Crippen molar-refractivity contribution in [1.29, 1.82) is 0 Å². The van der Waals surface area contributed by atoms with E-state index in [1.54, 1.807) is 11.9 Å². The molecule has 6 nitrogen and oxygen atoms in total. The Morgan fingerprint density at radius 3 is 2.86 bits per heavy atom. The number of rotatable bonds is 5. The van der Waals surface area contributed by atoms with Crippen molar-refractivity contribution in [2.75, 3.05) is 20.4 Å². The summed E-state index contributed by atoms with van der Waals surface area (Å²) in [6.45, 7) is 0.714. The van der Waals surface area contributed by atoms with Crippen molar-refractivity contribution < 1.29 is 23.4 Å². The van der Waals surface area contributed by atoms with Gasteiger partial charge in [0.05, 0.1) is 0 Å². The van der Waals surface area contributed by atoms with E-state index in [2.05, 4.69) is 0 Å². The van der Waals surface area contributed by atoms with Crippen molar-refractivity contribution in [2.24, 2.45) is 0 Å². The Labute approximate surface area is 168 Å². The molecule has 2 aromatic carbocycles. The van der Waals surface area contributed by atoms with Crippen LogP contribution in [0.3, 0.4) is 0 Å². The molecular weight excluding hydrogens is 370 g/mol. The molecule has 0 N–H and O–H groups in total. The van der Waals surface area contributed by atoms with Crippen LogP contribution in [0.2, 0.25) is 0 Å². The Morgan fingerprint density at radius 1 is 1.07 bits per heavy atom. The van der Waals surface area contributed by atoms with Crippen molar-refractivity contribution in [2.45, 2.75) is 32.2 Å². The van der Waals surface area contributed by atoms with E-state index >= 15 is 0 Å². The minimum absolute atomic E-state index is 0.00734. The zero-order valence-electron chi connectivity index (χ0n) is 16.4. The zero-order chi connectivity index (χ0) is 19.8. The number of ether oxygens (including phenoxy) is 3. The molecule has 5 rings (SSSR count). The average Bonchev–Trinajstić information content (AvgIpc) is 3.35. The van der Waals surface area contributed by atoms with E-state index in [1.807, 2.05) is 36.4 Å². The Hall–Kier alpha value is -3.15. The smallest absolute Gasteiger partial charge is 0.260 e. The number of carbonyl (C=O) groups is 1. The molecule has 1 aliphatic heterocycles. The quantitative estimate of drug-likeness (QED) is 0.654. The van der Waals surface area contributed by atoms with Crippen LogP contribution in [0, 0.1) is 0 Å². The summed E-state index contributed by atoms with van der Waals surface area (Å²) in [7, 11) is 1.77. The second-order valence-electron chi connectivity index (χ2n) is 7.59. The monoisotopic (exact) mass is 393 g/mol. The van der Waals surface area contributed by atoms with Crippen LogP contribution < -0.4 is 14.2 Å². The molecule has 2 heterocycles. The lowest BCUT2D eigenvalue weighted by Gasteiger charge is -2.18. The van der Waals surface area contributed by atoms with Gasteiger partial charge in [0.2, 0.25) is 6.79 Å². The van der Waals surface area contributed by atoms with Crippen LogP contribution in [0.1, 0.15) is 29.7 Å². The first-order chi connectivity index (χ1) is 14.2. The van der Waals surface area contributed by atoms with Crippen molar-refractivity contribution in [1.82, 2.24) is 4.90 Å². The maximum Gasteiger partial charge on any atom is 0.260 e. The Bertz CT molecular complexity index is 1070. The van der Waals surface area contributed by atoms with Crippen LogP contribution in [0.5, 0.6) is 17.2 Å². The van der Waals surface area contributed by atoms with Crippen molar-refractivity contribution in [3.05, 3.63) is 53.3 Å².